The zero-order valence-electron chi connectivity index (χ0n) is 20.8. The first kappa shape index (κ1) is 26.4. The SMILES string of the molecule is Cc1ccc(N(C(=O)c2snc(C(N)=O)c2N)[C@H](C(=O)NCc2ccccc2)c2ccc(O)cc2)c(C)c1. The third-order valence-corrected chi connectivity index (χ3v) is 6.86. The average molecular weight is 530 g/mol. The Hall–Kier alpha value is -4.70. The second-order valence-corrected chi connectivity index (χ2v) is 9.57. The van der Waals surface area contributed by atoms with Crippen LogP contribution in [0.1, 0.15) is 48.5 Å². The summed E-state index contributed by atoms with van der Waals surface area (Å²) < 4.78 is 3.97. The zero-order valence-corrected chi connectivity index (χ0v) is 21.7. The van der Waals surface area contributed by atoms with E-state index < -0.39 is 23.8 Å². The van der Waals surface area contributed by atoms with E-state index in [0.717, 1.165) is 28.2 Å². The van der Waals surface area contributed by atoms with Crippen LogP contribution in [0.25, 0.3) is 0 Å². The number of carbonyl (C=O) groups excluding carboxylic acids is 3. The number of primary amides is 1. The highest BCUT2D eigenvalue weighted by molar-refractivity contribution is 7.09. The van der Waals surface area contributed by atoms with Crippen molar-refractivity contribution >= 4 is 40.6 Å². The van der Waals surface area contributed by atoms with Gasteiger partial charge in [-0.2, -0.15) is 4.37 Å². The number of benzene rings is 3. The zero-order chi connectivity index (χ0) is 27.4. The van der Waals surface area contributed by atoms with E-state index in [-0.39, 0.29) is 28.6 Å². The molecule has 0 fully saturated rings. The second-order valence-electron chi connectivity index (χ2n) is 8.80. The van der Waals surface area contributed by atoms with Gasteiger partial charge in [0.05, 0.1) is 5.69 Å². The lowest BCUT2D eigenvalue weighted by Crippen LogP contribution is -2.44. The molecule has 3 aromatic carbocycles. The highest BCUT2D eigenvalue weighted by atomic mass is 32.1. The number of nitrogens with two attached hydrogens (primary N) is 2. The molecule has 1 aromatic heterocycles. The number of nitrogens with zero attached hydrogens (tertiary/aromatic N) is 2. The fraction of sp³-hybridized carbons (Fsp3) is 0.143. The minimum Gasteiger partial charge on any atom is -0.508 e. The Morgan fingerprint density at radius 2 is 1.71 bits per heavy atom. The molecule has 1 heterocycles. The van der Waals surface area contributed by atoms with Gasteiger partial charge in [0.1, 0.15) is 16.7 Å². The average Bonchev–Trinajstić information content (AvgIpc) is 3.29. The molecule has 38 heavy (non-hydrogen) atoms. The van der Waals surface area contributed by atoms with Gasteiger partial charge < -0.3 is 21.9 Å². The molecule has 6 N–H and O–H groups in total. The molecule has 9 nitrogen and oxygen atoms in total. The van der Waals surface area contributed by atoms with Crippen LogP contribution in [0.3, 0.4) is 0 Å². The number of carbonyl (C=O) groups is 3. The van der Waals surface area contributed by atoms with Crippen LogP contribution in [0, 0.1) is 13.8 Å². The third-order valence-electron chi connectivity index (χ3n) is 6.01. The van der Waals surface area contributed by atoms with E-state index in [4.69, 9.17) is 11.5 Å². The first-order valence-electron chi connectivity index (χ1n) is 11.7. The largest absolute Gasteiger partial charge is 0.508 e. The number of aromatic hydroxyl groups is 1. The number of hydrogen-bond donors (Lipinski definition) is 4. The molecule has 0 bridgehead atoms. The summed E-state index contributed by atoms with van der Waals surface area (Å²) in [4.78, 5) is 41.1. The van der Waals surface area contributed by atoms with Crippen LogP contribution in [0.2, 0.25) is 0 Å². The lowest BCUT2D eigenvalue weighted by atomic mass is 10.00. The molecule has 0 aliphatic carbocycles. The molecule has 4 rings (SSSR count). The number of phenolic OH excluding ortho intramolecular Hbond substituents is 1. The summed E-state index contributed by atoms with van der Waals surface area (Å²) in [6.07, 6.45) is 0. The Labute approximate surface area is 223 Å². The summed E-state index contributed by atoms with van der Waals surface area (Å²) in [5, 5.41) is 12.8. The van der Waals surface area contributed by atoms with Crippen molar-refractivity contribution in [1.29, 1.82) is 0 Å². The summed E-state index contributed by atoms with van der Waals surface area (Å²) in [6, 6.07) is 19.8. The summed E-state index contributed by atoms with van der Waals surface area (Å²) in [5.74, 6) is -1.91. The van der Waals surface area contributed by atoms with Crippen molar-refractivity contribution in [3.8, 4) is 5.75 Å². The van der Waals surface area contributed by atoms with Gasteiger partial charge in [0.2, 0.25) is 5.91 Å². The topological polar surface area (TPSA) is 152 Å². The van der Waals surface area contributed by atoms with Crippen LogP contribution in [0.4, 0.5) is 11.4 Å². The number of anilines is 2. The fourth-order valence-corrected chi connectivity index (χ4v) is 4.88. The molecule has 3 amide bonds. The van der Waals surface area contributed by atoms with Gasteiger partial charge in [-0.3, -0.25) is 19.3 Å². The Kier molecular flexibility index (Phi) is 7.73. The van der Waals surface area contributed by atoms with Gasteiger partial charge in [0, 0.05) is 12.2 Å². The van der Waals surface area contributed by atoms with Gasteiger partial charge in [0.15, 0.2) is 5.69 Å². The highest BCUT2D eigenvalue weighted by Crippen LogP contribution is 2.35. The third kappa shape index (κ3) is 5.50. The Balaban J connectivity index is 1.86. The number of amides is 3. The quantitative estimate of drug-likeness (QED) is 0.272. The molecular weight excluding hydrogens is 502 g/mol. The molecule has 0 saturated heterocycles. The molecule has 0 radical (unpaired) electrons. The van der Waals surface area contributed by atoms with E-state index >= 15 is 0 Å². The van der Waals surface area contributed by atoms with Gasteiger partial charge in [-0.05, 0) is 60.3 Å². The summed E-state index contributed by atoms with van der Waals surface area (Å²) in [5.41, 5.74) is 14.7. The van der Waals surface area contributed by atoms with Crippen molar-refractivity contribution in [3.63, 3.8) is 0 Å². The van der Waals surface area contributed by atoms with Gasteiger partial charge in [0.25, 0.3) is 11.8 Å². The van der Waals surface area contributed by atoms with Gasteiger partial charge >= 0.3 is 0 Å². The standard InChI is InChI=1S/C28H27N5O4S/c1-16-8-13-21(17(2)14-16)33(28(37)25-22(29)23(26(30)35)32-38-25)24(19-9-11-20(34)12-10-19)27(36)31-15-18-6-4-3-5-7-18/h3-14,24,34H,15,29H2,1-2H3,(H2,30,35)(H,31,36)/t24-/m0/s1. The number of aryl methyl sites for hydroxylation is 2. The molecule has 1 atom stereocenters. The molecule has 0 spiro atoms. The smallest absolute Gasteiger partial charge is 0.273 e. The molecule has 0 aliphatic rings. The fourth-order valence-electron chi connectivity index (χ4n) is 4.14. The van der Waals surface area contributed by atoms with Crippen molar-refractivity contribution < 1.29 is 19.5 Å². The lowest BCUT2D eigenvalue weighted by Gasteiger charge is -2.32. The number of nitrogen functional groups attached to an aromatic ring is 1. The van der Waals surface area contributed by atoms with Crippen molar-refractivity contribution in [2.45, 2.75) is 26.4 Å². The maximum absolute atomic E-state index is 14.1. The molecule has 0 saturated carbocycles. The van der Waals surface area contributed by atoms with E-state index in [2.05, 4.69) is 9.69 Å². The lowest BCUT2D eigenvalue weighted by molar-refractivity contribution is -0.122. The molecular formula is C28H27N5O4S. The summed E-state index contributed by atoms with van der Waals surface area (Å²) >= 11 is 0.743. The molecule has 194 valence electrons. The minimum absolute atomic E-state index is 0.0133. The van der Waals surface area contributed by atoms with E-state index in [1.165, 1.54) is 17.0 Å². The van der Waals surface area contributed by atoms with E-state index in [0.29, 0.717) is 11.3 Å². The number of phenols is 1. The molecule has 10 heteroatoms. The normalized spacial score (nSPS) is 11.5. The van der Waals surface area contributed by atoms with E-state index in [1.54, 1.807) is 18.2 Å². The van der Waals surface area contributed by atoms with Crippen LogP contribution < -0.4 is 21.7 Å². The van der Waals surface area contributed by atoms with Crippen LogP contribution in [0.15, 0.2) is 72.8 Å². The number of aromatic nitrogens is 1. The number of nitrogens with one attached hydrogen (secondary N) is 1. The maximum Gasteiger partial charge on any atom is 0.273 e. The molecule has 0 unspecified atom stereocenters. The number of hydrogen-bond acceptors (Lipinski definition) is 7. The van der Waals surface area contributed by atoms with Crippen LogP contribution in [0.5, 0.6) is 5.75 Å². The van der Waals surface area contributed by atoms with Crippen LogP contribution in [-0.4, -0.2) is 27.2 Å². The predicted octanol–water partition coefficient (Wildman–Crippen LogP) is 3.85. The minimum atomic E-state index is -1.15. The van der Waals surface area contributed by atoms with Crippen molar-refractivity contribution in [2.24, 2.45) is 5.73 Å². The molecule has 0 aliphatic heterocycles. The number of rotatable bonds is 8. The van der Waals surface area contributed by atoms with E-state index in [9.17, 15) is 19.5 Å². The monoisotopic (exact) mass is 529 g/mol. The Bertz CT molecular complexity index is 1490. The van der Waals surface area contributed by atoms with Crippen LogP contribution in [-0.2, 0) is 11.3 Å². The second kappa shape index (κ2) is 11.1. The highest BCUT2D eigenvalue weighted by Gasteiger charge is 2.36. The maximum atomic E-state index is 14.1. The van der Waals surface area contributed by atoms with E-state index in [1.807, 2.05) is 56.3 Å². The van der Waals surface area contributed by atoms with Gasteiger partial charge in [-0.25, -0.2) is 0 Å². The van der Waals surface area contributed by atoms with Crippen molar-refractivity contribution in [2.75, 3.05) is 10.6 Å². The first-order valence-corrected chi connectivity index (χ1v) is 12.5. The van der Waals surface area contributed by atoms with Crippen LogP contribution >= 0.6 is 11.5 Å². The van der Waals surface area contributed by atoms with Gasteiger partial charge in [-0.15, -0.1) is 0 Å². The predicted molar refractivity (Wildman–Crippen MR) is 147 cm³/mol. The van der Waals surface area contributed by atoms with Crippen molar-refractivity contribution in [1.82, 2.24) is 9.69 Å². The first-order chi connectivity index (χ1) is 18.2. The Morgan fingerprint density at radius 1 is 1.03 bits per heavy atom. The summed E-state index contributed by atoms with van der Waals surface area (Å²) in [7, 11) is 0. The van der Waals surface area contributed by atoms with Gasteiger partial charge in [-0.1, -0.05) is 60.2 Å². The molecule has 4 aromatic rings. The summed E-state index contributed by atoms with van der Waals surface area (Å²) in [6.45, 7) is 3.99. The van der Waals surface area contributed by atoms with Crippen molar-refractivity contribution in [3.05, 3.63) is 106 Å². The Morgan fingerprint density at radius 3 is 2.32 bits per heavy atom.